The standard InChI is InChI=1S/C15H15BrFNO/c1-10(19)14-7-6-13(9-15(14)16)18(2)12-5-3-4-11(17)8-12/h3-10,19H,1-2H3/t10-/m0/s1. The Morgan fingerprint density at radius 3 is 2.42 bits per heavy atom. The molecule has 0 saturated heterocycles. The van der Waals surface area contributed by atoms with E-state index in [0.717, 1.165) is 21.4 Å². The van der Waals surface area contributed by atoms with Gasteiger partial charge in [0, 0.05) is 22.9 Å². The molecule has 2 aromatic carbocycles. The predicted molar refractivity (Wildman–Crippen MR) is 79.2 cm³/mol. The van der Waals surface area contributed by atoms with E-state index < -0.39 is 6.10 Å². The number of anilines is 2. The number of nitrogens with zero attached hydrogens (tertiary/aromatic N) is 1. The summed E-state index contributed by atoms with van der Waals surface area (Å²) in [5, 5.41) is 9.59. The van der Waals surface area contributed by atoms with Crippen LogP contribution in [0.4, 0.5) is 15.8 Å². The SMILES string of the molecule is C[C@H](O)c1ccc(N(C)c2cccc(F)c2)cc1Br. The highest BCUT2D eigenvalue weighted by Crippen LogP contribution is 2.31. The maximum absolute atomic E-state index is 13.2. The van der Waals surface area contributed by atoms with E-state index in [9.17, 15) is 9.50 Å². The lowest BCUT2D eigenvalue weighted by atomic mass is 10.1. The maximum atomic E-state index is 13.2. The third-order valence-electron chi connectivity index (χ3n) is 3.02. The largest absolute Gasteiger partial charge is 0.389 e. The predicted octanol–water partition coefficient (Wildman–Crippen LogP) is 4.41. The van der Waals surface area contributed by atoms with Gasteiger partial charge in [-0.15, -0.1) is 0 Å². The molecule has 1 N–H and O–H groups in total. The Bertz CT molecular complexity index is 586. The molecular formula is C15H15BrFNO. The lowest BCUT2D eigenvalue weighted by Crippen LogP contribution is -2.10. The van der Waals surface area contributed by atoms with Gasteiger partial charge in [-0.05, 0) is 42.8 Å². The molecule has 2 nitrogen and oxygen atoms in total. The van der Waals surface area contributed by atoms with Crippen LogP contribution in [0.3, 0.4) is 0 Å². The monoisotopic (exact) mass is 323 g/mol. The number of aliphatic hydroxyl groups is 1. The molecule has 1 atom stereocenters. The van der Waals surface area contributed by atoms with Gasteiger partial charge in [-0.25, -0.2) is 4.39 Å². The lowest BCUT2D eigenvalue weighted by molar-refractivity contribution is 0.198. The summed E-state index contributed by atoms with van der Waals surface area (Å²) in [5.41, 5.74) is 2.52. The highest BCUT2D eigenvalue weighted by Gasteiger charge is 2.10. The third kappa shape index (κ3) is 3.14. The molecule has 0 heterocycles. The molecule has 2 aromatic rings. The van der Waals surface area contributed by atoms with E-state index in [1.54, 1.807) is 13.0 Å². The smallest absolute Gasteiger partial charge is 0.125 e. The molecule has 0 amide bonds. The van der Waals surface area contributed by atoms with Crippen molar-refractivity contribution in [3.8, 4) is 0 Å². The minimum atomic E-state index is -0.525. The van der Waals surface area contributed by atoms with Crippen molar-refractivity contribution < 1.29 is 9.50 Å². The number of hydrogen-bond donors (Lipinski definition) is 1. The summed E-state index contributed by atoms with van der Waals surface area (Å²) in [7, 11) is 1.87. The van der Waals surface area contributed by atoms with Crippen LogP contribution in [0.25, 0.3) is 0 Å². The van der Waals surface area contributed by atoms with Gasteiger partial charge in [0.1, 0.15) is 5.82 Å². The highest BCUT2D eigenvalue weighted by atomic mass is 79.9. The zero-order chi connectivity index (χ0) is 14.0. The lowest BCUT2D eigenvalue weighted by Gasteiger charge is -2.21. The number of benzene rings is 2. The van der Waals surface area contributed by atoms with Gasteiger partial charge in [0.2, 0.25) is 0 Å². The second kappa shape index (κ2) is 5.72. The number of aliphatic hydroxyl groups excluding tert-OH is 1. The van der Waals surface area contributed by atoms with Crippen LogP contribution in [0.15, 0.2) is 46.9 Å². The quantitative estimate of drug-likeness (QED) is 0.904. The van der Waals surface area contributed by atoms with Gasteiger partial charge in [0.15, 0.2) is 0 Å². The first-order valence-corrected chi connectivity index (χ1v) is 6.75. The number of halogens is 2. The second-order valence-corrected chi connectivity index (χ2v) is 5.28. The topological polar surface area (TPSA) is 23.5 Å². The summed E-state index contributed by atoms with van der Waals surface area (Å²) in [5.74, 6) is -0.260. The number of hydrogen-bond acceptors (Lipinski definition) is 2. The Hall–Kier alpha value is -1.39. The van der Waals surface area contributed by atoms with Crippen LogP contribution in [0.2, 0.25) is 0 Å². The van der Waals surface area contributed by atoms with E-state index in [-0.39, 0.29) is 5.82 Å². The Morgan fingerprint density at radius 1 is 1.16 bits per heavy atom. The van der Waals surface area contributed by atoms with Crippen molar-refractivity contribution in [2.75, 3.05) is 11.9 Å². The first-order valence-electron chi connectivity index (χ1n) is 5.96. The van der Waals surface area contributed by atoms with Crippen molar-refractivity contribution in [2.45, 2.75) is 13.0 Å². The maximum Gasteiger partial charge on any atom is 0.125 e. The van der Waals surface area contributed by atoms with Crippen LogP contribution in [0.1, 0.15) is 18.6 Å². The van der Waals surface area contributed by atoms with Crippen molar-refractivity contribution in [3.63, 3.8) is 0 Å². The van der Waals surface area contributed by atoms with Crippen LogP contribution in [0.5, 0.6) is 0 Å². The number of rotatable bonds is 3. The van der Waals surface area contributed by atoms with Crippen molar-refractivity contribution in [2.24, 2.45) is 0 Å². The molecule has 0 spiro atoms. The van der Waals surface area contributed by atoms with E-state index in [1.165, 1.54) is 12.1 Å². The van der Waals surface area contributed by atoms with Crippen LogP contribution in [-0.4, -0.2) is 12.2 Å². The van der Waals surface area contributed by atoms with Gasteiger partial charge in [-0.3, -0.25) is 0 Å². The Morgan fingerprint density at radius 2 is 1.84 bits per heavy atom. The van der Waals surface area contributed by atoms with Crippen molar-refractivity contribution in [1.29, 1.82) is 0 Å². The molecule has 0 saturated carbocycles. The van der Waals surface area contributed by atoms with Gasteiger partial charge in [0.05, 0.1) is 6.10 Å². The van der Waals surface area contributed by atoms with Crippen molar-refractivity contribution in [3.05, 3.63) is 58.3 Å². The molecule has 0 aliphatic heterocycles. The summed E-state index contributed by atoms with van der Waals surface area (Å²) in [4.78, 5) is 1.89. The van der Waals surface area contributed by atoms with E-state index >= 15 is 0 Å². The van der Waals surface area contributed by atoms with E-state index in [2.05, 4.69) is 15.9 Å². The van der Waals surface area contributed by atoms with E-state index in [1.807, 2.05) is 36.2 Å². The zero-order valence-electron chi connectivity index (χ0n) is 10.8. The van der Waals surface area contributed by atoms with E-state index in [4.69, 9.17) is 0 Å². The van der Waals surface area contributed by atoms with Crippen LogP contribution >= 0.6 is 15.9 Å². The molecule has 0 aromatic heterocycles. The normalized spacial score (nSPS) is 12.3. The van der Waals surface area contributed by atoms with Gasteiger partial charge < -0.3 is 10.0 Å². The molecule has 0 unspecified atom stereocenters. The van der Waals surface area contributed by atoms with Crippen molar-refractivity contribution in [1.82, 2.24) is 0 Å². The molecule has 19 heavy (non-hydrogen) atoms. The summed E-state index contributed by atoms with van der Waals surface area (Å²) in [6, 6.07) is 12.1. The van der Waals surface area contributed by atoms with E-state index in [0.29, 0.717) is 0 Å². The van der Waals surface area contributed by atoms with Crippen molar-refractivity contribution >= 4 is 27.3 Å². The molecule has 100 valence electrons. The average molecular weight is 324 g/mol. The third-order valence-corrected chi connectivity index (χ3v) is 3.70. The summed E-state index contributed by atoms with van der Waals surface area (Å²) >= 11 is 3.44. The van der Waals surface area contributed by atoms with Crippen LogP contribution in [-0.2, 0) is 0 Å². The molecule has 0 aliphatic carbocycles. The molecule has 0 radical (unpaired) electrons. The molecule has 2 rings (SSSR count). The molecule has 0 bridgehead atoms. The fourth-order valence-corrected chi connectivity index (χ4v) is 2.60. The minimum absolute atomic E-state index is 0.260. The van der Waals surface area contributed by atoms with Gasteiger partial charge in [0.25, 0.3) is 0 Å². The summed E-state index contributed by atoms with van der Waals surface area (Å²) in [6.45, 7) is 1.72. The Balaban J connectivity index is 2.34. The summed E-state index contributed by atoms with van der Waals surface area (Å²) in [6.07, 6.45) is -0.525. The minimum Gasteiger partial charge on any atom is -0.389 e. The first kappa shape index (κ1) is 14.0. The first-order chi connectivity index (χ1) is 8.99. The van der Waals surface area contributed by atoms with Crippen LogP contribution in [0, 0.1) is 5.82 Å². The fraction of sp³-hybridized carbons (Fsp3) is 0.200. The molecule has 4 heteroatoms. The second-order valence-electron chi connectivity index (χ2n) is 4.42. The van der Waals surface area contributed by atoms with Gasteiger partial charge >= 0.3 is 0 Å². The highest BCUT2D eigenvalue weighted by molar-refractivity contribution is 9.10. The van der Waals surface area contributed by atoms with Gasteiger partial charge in [-0.1, -0.05) is 28.1 Å². The van der Waals surface area contributed by atoms with Gasteiger partial charge in [-0.2, -0.15) is 0 Å². The van der Waals surface area contributed by atoms with Crippen LogP contribution < -0.4 is 4.90 Å². The Kier molecular flexibility index (Phi) is 4.22. The molecular weight excluding hydrogens is 309 g/mol. The zero-order valence-corrected chi connectivity index (χ0v) is 12.4. The molecule has 0 fully saturated rings. The average Bonchev–Trinajstić information content (AvgIpc) is 2.37. The summed E-state index contributed by atoms with van der Waals surface area (Å²) < 4.78 is 14.1. The molecule has 0 aliphatic rings. The fourth-order valence-electron chi connectivity index (χ4n) is 1.90. The Labute approximate surface area is 120 Å².